The van der Waals surface area contributed by atoms with E-state index in [1.165, 1.54) is 0 Å². The van der Waals surface area contributed by atoms with Gasteiger partial charge in [-0.25, -0.2) is 0 Å². The molecule has 0 spiro atoms. The van der Waals surface area contributed by atoms with Crippen LogP contribution in [0.2, 0.25) is 0 Å². The lowest BCUT2D eigenvalue weighted by molar-refractivity contribution is 0.0985. The molecule has 0 aliphatic rings. The van der Waals surface area contributed by atoms with Crippen LogP contribution in [0.15, 0.2) is 22.7 Å². The van der Waals surface area contributed by atoms with Crippen LogP contribution >= 0.6 is 15.9 Å². The minimum absolute atomic E-state index is 0.0442. The molecule has 0 aliphatic heterocycles. The summed E-state index contributed by atoms with van der Waals surface area (Å²) >= 11 is 3.30. The van der Waals surface area contributed by atoms with Gasteiger partial charge in [0.2, 0.25) is 0 Å². The van der Waals surface area contributed by atoms with Crippen molar-refractivity contribution in [1.29, 1.82) is 0 Å². The van der Waals surface area contributed by atoms with Crippen molar-refractivity contribution in [1.82, 2.24) is 0 Å². The lowest BCUT2D eigenvalue weighted by Gasteiger charge is -2.03. The number of rotatable bonds is 3. The second kappa shape index (κ2) is 5.57. The van der Waals surface area contributed by atoms with Crippen LogP contribution in [0.5, 0.6) is 0 Å². The maximum Gasteiger partial charge on any atom is 0.165 e. The van der Waals surface area contributed by atoms with Crippen LogP contribution in [0.25, 0.3) is 0 Å². The van der Waals surface area contributed by atoms with E-state index in [-0.39, 0.29) is 5.78 Å². The summed E-state index contributed by atoms with van der Waals surface area (Å²) in [6, 6.07) is 5.29. The molecule has 2 nitrogen and oxygen atoms in total. The molecule has 15 heavy (non-hydrogen) atoms. The summed E-state index contributed by atoms with van der Waals surface area (Å²) in [6.45, 7) is 1.76. The van der Waals surface area contributed by atoms with E-state index in [2.05, 4.69) is 27.8 Å². The van der Waals surface area contributed by atoms with Gasteiger partial charge in [0.25, 0.3) is 0 Å². The van der Waals surface area contributed by atoms with Gasteiger partial charge in [-0.15, -0.1) is 11.8 Å². The van der Waals surface area contributed by atoms with Gasteiger partial charge in [0, 0.05) is 28.6 Å². The molecule has 0 radical (unpaired) electrons. The average molecular weight is 266 g/mol. The molecule has 78 valence electrons. The molecule has 0 saturated carbocycles. The summed E-state index contributed by atoms with van der Waals surface area (Å²) < 4.78 is 0.880. The number of Topliss-reactive ketones (excluding diaryl/α,β-unsaturated/α-hetero) is 1. The van der Waals surface area contributed by atoms with Crippen molar-refractivity contribution in [2.24, 2.45) is 0 Å². The Hall–Kier alpha value is -1.27. The fourth-order valence-electron chi connectivity index (χ4n) is 1.22. The first-order chi connectivity index (χ1) is 7.15. The third-order valence-electron chi connectivity index (χ3n) is 1.97. The number of hydrogen-bond donors (Lipinski definition) is 1. The minimum atomic E-state index is 0.0442. The zero-order valence-electron chi connectivity index (χ0n) is 8.51. The van der Waals surface area contributed by atoms with E-state index in [1.807, 2.05) is 6.07 Å². The van der Waals surface area contributed by atoms with E-state index in [0.29, 0.717) is 24.1 Å². The van der Waals surface area contributed by atoms with Gasteiger partial charge in [0.15, 0.2) is 5.78 Å². The maximum absolute atomic E-state index is 11.7. The second-order valence-electron chi connectivity index (χ2n) is 3.08. The van der Waals surface area contributed by atoms with Crippen LogP contribution in [0, 0.1) is 11.8 Å². The minimum Gasteiger partial charge on any atom is -0.398 e. The van der Waals surface area contributed by atoms with Crippen LogP contribution in [-0.2, 0) is 0 Å². The molecule has 3 heteroatoms. The monoisotopic (exact) mass is 265 g/mol. The molecule has 1 aromatic carbocycles. The van der Waals surface area contributed by atoms with Gasteiger partial charge in [-0.1, -0.05) is 15.9 Å². The first-order valence-electron chi connectivity index (χ1n) is 4.63. The Kier molecular flexibility index (Phi) is 4.38. The standard InChI is InChI=1S/C12H12BrNO/c1-2-3-4-5-12(15)10-7-6-9(13)8-11(10)14/h6-8H,4-5,14H2,1H3. The fourth-order valence-corrected chi connectivity index (χ4v) is 1.60. The molecule has 0 amide bonds. The van der Waals surface area contributed by atoms with Gasteiger partial charge in [-0.3, -0.25) is 4.79 Å². The Morgan fingerprint density at radius 1 is 1.53 bits per heavy atom. The second-order valence-corrected chi connectivity index (χ2v) is 4.00. The molecule has 0 unspecified atom stereocenters. The highest BCUT2D eigenvalue weighted by Crippen LogP contribution is 2.20. The SMILES string of the molecule is CC#CCCC(=O)c1ccc(Br)cc1N. The summed E-state index contributed by atoms with van der Waals surface area (Å²) in [5, 5.41) is 0. The molecule has 0 saturated heterocycles. The zero-order chi connectivity index (χ0) is 11.3. The molecule has 0 atom stereocenters. The van der Waals surface area contributed by atoms with E-state index in [4.69, 9.17) is 5.73 Å². The van der Waals surface area contributed by atoms with Crippen molar-refractivity contribution in [3.05, 3.63) is 28.2 Å². The molecule has 0 bridgehead atoms. The molecule has 0 fully saturated rings. The summed E-state index contributed by atoms with van der Waals surface area (Å²) in [5.74, 6) is 5.66. The first kappa shape index (κ1) is 11.8. The molecule has 1 aromatic rings. The van der Waals surface area contributed by atoms with Crippen molar-refractivity contribution in [2.75, 3.05) is 5.73 Å². The van der Waals surface area contributed by atoms with Gasteiger partial charge in [0.1, 0.15) is 0 Å². The van der Waals surface area contributed by atoms with Gasteiger partial charge in [0.05, 0.1) is 0 Å². The number of halogens is 1. The maximum atomic E-state index is 11.7. The number of anilines is 1. The highest BCUT2D eigenvalue weighted by Gasteiger charge is 2.08. The van der Waals surface area contributed by atoms with Crippen LogP contribution in [-0.4, -0.2) is 5.78 Å². The molecule has 1 rings (SSSR count). The van der Waals surface area contributed by atoms with Crippen LogP contribution in [0.4, 0.5) is 5.69 Å². The van der Waals surface area contributed by atoms with Gasteiger partial charge < -0.3 is 5.73 Å². The van der Waals surface area contributed by atoms with Gasteiger partial charge in [-0.2, -0.15) is 0 Å². The molecule has 0 aromatic heterocycles. The van der Waals surface area contributed by atoms with E-state index in [9.17, 15) is 4.79 Å². The summed E-state index contributed by atoms with van der Waals surface area (Å²) in [6.07, 6.45) is 1.01. The quantitative estimate of drug-likeness (QED) is 0.519. The lowest BCUT2D eigenvalue weighted by Crippen LogP contribution is -2.03. The fraction of sp³-hybridized carbons (Fsp3) is 0.250. The number of nitrogens with two attached hydrogens (primary N) is 1. The van der Waals surface area contributed by atoms with Crippen LogP contribution < -0.4 is 5.73 Å². The Labute approximate surface area is 98.0 Å². The Bertz CT molecular complexity index is 429. The summed E-state index contributed by atoms with van der Waals surface area (Å²) in [7, 11) is 0. The van der Waals surface area contributed by atoms with Crippen molar-refractivity contribution in [3.63, 3.8) is 0 Å². The number of nitrogen functional groups attached to an aromatic ring is 1. The van der Waals surface area contributed by atoms with Gasteiger partial charge >= 0.3 is 0 Å². The van der Waals surface area contributed by atoms with E-state index in [1.54, 1.807) is 19.1 Å². The number of ketones is 1. The smallest absolute Gasteiger partial charge is 0.165 e. The predicted octanol–water partition coefficient (Wildman–Crippen LogP) is 3.02. The van der Waals surface area contributed by atoms with Gasteiger partial charge in [-0.05, 0) is 25.1 Å². The third-order valence-corrected chi connectivity index (χ3v) is 2.46. The van der Waals surface area contributed by atoms with Crippen molar-refractivity contribution >= 4 is 27.4 Å². The molecule has 2 N–H and O–H groups in total. The van der Waals surface area contributed by atoms with E-state index < -0.39 is 0 Å². The number of hydrogen-bond acceptors (Lipinski definition) is 2. The average Bonchev–Trinajstić information content (AvgIpc) is 2.17. The first-order valence-corrected chi connectivity index (χ1v) is 5.42. The number of carbonyl (C=O) groups excluding carboxylic acids is 1. The predicted molar refractivity (Wildman–Crippen MR) is 65.6 cm³/mol. The largest absolute Gasteiger partial charge is 0.398 e. The molecular weight excluding hydrogens is 254 g/mol. The molecule has 0 heterocycles. The van der Waals surface area contributed by atoms with E-state index in [0.717, 1.165) is 4.47 Å². The zero-order valence-corrected chi connectivity index (χ0v) is 10.1. The van der Waals surface area contributed by atoms with Crippen molar-refractivity contribution in [3.8, 4) is 11.8 Å². The number of benzene rings is 1. The Morgan fingerprint density at radius 3 is 2.87 bits per heavy atom. The normalized spacial score (nSPS) is 9.20. The lowest BCUT2D eigenvalue weighted by atomic mass is 10.1. The highest BCUT2D eigenvalue weighted by atomic mass is 79.9. The molecule has 0 aliphatic carbocycles. The number of carbonyl (C=O) groups is 1. The topological polar surface area (TPSA) is 43.1 Å². The third kappa shape index (κ3) is 3.41. The molecular formula is C12H12BrNO. The summed E-state index contributed by atoms with van der Waals surface area (Å²) in [5.41, 5.74) is 6.83. The van der Waals surface area contributed by atoms with Crippen molar-refractivity contribution in [2.45, 2.75) is 19.8 Å². The van der Waals surface area contributed by atoms with E-state index >= 15 is 0 Å². The highest BCUT2D eigenvalue weighted by molar-refractivity contribution is 9.10. The Morgan fingerprint density at radius 2 is 2.27 bits per heavy atom. The van der Waals surface area contributed by atoms with Crippen LogP contribution in [0.1, 0.15) is 30.1 Å². The summed E-state index contributed by atoms with van der Waals surface area (Å²) in [4.78, 5) is 11.7. The Balaban J connectivity index is 2.76. The van der Waals surface area contributed by atoms with Crippen LogP contribution in [0.3, 0.4) is 0 Å². The van der Waals surface area contributed by atoms with Crippen molar-refractivity contribution < 1.29 is 4.79 Å².